The van der Waals surface area contributed by atoms with E-state index >= 15 is 0 Å². The molecule has 1 fully saturated rings. The van der Waals surface area contributed by atoms with Gasteiger partial charge in [0.05, 0.1) is 5.52 Å². The van der Waals surface area contributed by atoms with Crippen LogP contribution in [0.5, 0.6) is 0 Å². The summed E-state index contributed by atoms with van der Waals surface area (Å²) in [4.78, 5) is 14.6. The Morgan fingerprint density at radius 1 is 1.20 bits per heavy atom. The van der Waals surface area contributed by atoms with Gasteiger partial charge in [-0.1, -0.05) is 12.1 Å². The van der Waals surface area contributed by atoms with Gasteiger partial charge in [0.1, 0.15) is 11.6 Å². The molecule has 0 spiro atoms. The average Bonchev–Trinajstić information content (AvgIpc) is 3.07. The van der Waals surface area contributed by atoms with Crippen molar-refractivity contribution in [3.8, 4) is 0 Å². The fourth-order valence-electron chi connectivity index (χ4n) is 3.34. The number of alkyl halides is 2. The summed E-state index contributed by atoms with van der Waals surface area (Å²) >= 11 is 0. The number of rotatable bonds is 3. The van der Waals surface area contributed by atoms with E-state index in [0.717, 1.165) is 36.4 Å². The molecule has 0 bridgehead atoms. The van der Waals surface area contributed by atoms with Crippen LogP contribution in [0, 0.1) is 6.92 Å². The van der Waals surface area contributed by atoms with Crippen LogP contribution < -0.4 is 4.90 Å². The first-order chi connectivity index (χ1) is 12.1. The van der Waals surface area contributed by atoms with Gasteiger partial charge in [-0.3, -0.25) is 5.10 Å². The lowest BCUT2D eigenvalue weighted by atomic mass is 9.97. The quantitative estimate of drug-likeness (QED) is 0.789. The second-order valence-corrected chi connectivity index (χ2v) is 6.29. The second-order valence-electron chi connectivity index (χ2n) is 6.29. The number of anilines is 1. The van der Waals surface area contributed by atoms with Crippen molar-refractivity contribution in [1.29, 1.82) is 0 Å². The predicted molar refractivity (Wildman–Crippen MR) is 89.8 cm³/mol. The van der Waals surface area contributed by atoms with Gasteiger partial charge in [-0.05, 0) is 31.9 Å². The predicted octanol–water partition coefficient (Wildman–Crippen LogP) is 3.38. The number of hydrogen-bond acceptors (Lipinski definition) is 5. The molecule has 0 saturated carbocycles. The maximum absolute atomic E-state index is 13.2. The first-order valence-electron chi connectivity index (χ1n) is 8.30. The Morgan fingerprint density at radius 2 is 2.04 bits per heavy atom. The zero-order chi connectivity index (χ0) is 17.4. The van der Waals surface area contributed by atoms with E-state index in [-0.39, 0.29) is 5.92 Å². The van der Waals surface area contributed by atoms with Crippen LogP contribution in [0.2, 0.25) is 0 Å². The van der Waals surface area contributed by atoms with Crippen molar-refractivity contribution in [3.05, 3.63) is 41.7 Å². The highest BCUT2D eigenvalue weighted by molar-refractivity contribution is 5.89. The Bertz CT molecular complexity index is 894. The van der Waals surface area contributed by atoms with E-state index in [2.05, 4.69) is 30.0 Å². The summed E-state index contributed by atoms with van der Waals surface area (Å²) in [6.45, 7) is 3.29. The third-order valence-corrected chi connectivity index (χ3v) is 4.50. The largest absolute Gasteiger partial charge is 0.355 e. The fraction of sp³-hybridized carbons (Fsp3) is 0.412. The van der Waals surface area contributed by atoms with Crippen molar-refractivity contribution in [1.82, 2.24) is 25.1 Å². The van der Waals surface area contributed by atoms with Crippen LogP contribution in [-0.2, 0) is 0 Å². The highest BCUT2D eigenvalue weighted by Crippen LogP contribution is 2.32. The lowest BCUT2D eigenvalue weighted by molar-refractivity contribution is 0.141. The molecule has 1 aromatic carbocycles. The van der Waals surface area contributed by atoms with Crippen LogP contribution in [-0.4, -0.2) is 38.2 Å². The zero-order valence-electron chi connectivity index (χ0n) is 13.8. The number of aromatic nitrogens is 5. The van der Waals surface area contributed by atoms with E-state index in [1.54, 1.807) is 12.1 Å². The Balaban J connectivity index is 1.72. The number of piperidine rings is 1. The second kappa shape index (κ2) is 6.34. The van der Waals surface area contributed by atoms with Gasteiger partial charge in [-0.2, -0.15) is 5.10 Å². The molecule has 1 saturated heterocycles. The lowest BCUT2D eigenvalue weighted by Gasteiger charge is -2.33. The highest BCUT2D eigenvalue weighted by Gasteiger charge is 2.27. The van der Waals surface area contributed by atoms with Gasteiger partial charge >= 0.3 is 0 Å². The number of hydrogen-bond donors (Lipinski definition) is 1. The summed E-state index contributed by atoms with van der Waals surface area (Å²) in [7, 11) is 0. The maximum atomic E-state index is 13.2. The van der Waals surface area contributed by atoms with Crippen molar-refractivity contribution in [2.45, 2.75) is 32.1 Å². The van der Waals surface area contributed by atoms with E-state index in [0.29, 0.717) is 17.9 Å². The van der Waals surface area contributed by atoms with Gasteiger partial charge in [-0.25, -0.2) is 23.7 Å². The van der Waals surface area contributed by atoms with Gasteiger partial charge in [0, 0.05) is 24.4 Å². The summed E-state index contributed by atoms with van der Waals surface area (Å²) in [5, 5.41) is 7.92. The molecule has 3 aromatic rings. The summed E-state index contributed by atoms with van der Waals surface area (Å²) in [6.07, 6.45) is -0.793. The number of halogens is 2. The number of nitrogens with zero attached hydrogens (tertiary/aromatic N) is 5. The number of para-hydroxylation sites is 1. The first kappa shape index (κ1) is 15.9. The maximum Gasteiger partial charge on any atom is 0.297 e. The molecule has 0 amide bonds. The zero-order valence-corrected chi connectivity index (χ0v) is 13.8. The van der Waals surface area contributed by atoms with Gasteiger partial charge in [0.2, 0.25) is 0 Å². The minimum Gasteiger partial charge on any atom is -0.355 e. The SMILES string of the molecule is Cc1nc(C2CCCN(c3nc(C(F)F)nc4ccccc34)C2)n[nH]1. The number of aromatic amines is 1. The van der Waals surface area contributed by atoms with E-state index < -0.39 is 12.2 Å². The van der Waals surface area contributed by atoms with E-state index in [1.807, 2.05) is 19.1 Å². The number of aryl methyl sites for hydroxylation is 1. The van der Waals surface area contributed by atoms with Crippen LogP contribution in [0.15, 0.2) is 24.3 Å². The van der Waals surface area contributed by atoms with Gasteiger partial charge < -0.3 is 4.90 Å². The van der Waals surface area contributed by atoms with Gasteiger partial charge in [0.15, 0.2) is 11.6 Å². The molecule has 0 radical (unpaired) electrons. The minimum atomic E-state index is -2.69. The van der Waals surface area contributed by atoms with Crippen molar-refractivity contribution in [2.75, 3.05) is 18.0 Å². The molecule has 6 nitrogen and oxygen atoms in total. The Morgan fingerprint density at radius 3 is 2.80 bits per heavy atom. The Hall–Kier alpha value is -2.64. The monoisotopic (exact) mass is 344 g/mol. The Labute approximate surface area is 143 Å². The van der Waals surface area contributed by atoms with Crippen molar-refractivity contribution < 1.29 is 8.78 Å². The van der Waals surface area contributed by atoms with Crippen LogP contribution in [0.4, 0.5) is 14.6 Å². The molecule has 2 aromatic heterocycles. The number of benzene rings is 1. The molecule has 1 unspecified atom stereocenters. The molecule has 1 N–H and O–H groups in total. The summed E-state index contributed by atoms with van der Waals surface area (Å²) in [6, 6.07) is 7.29. The number of nitrogens with one attached hydrogen (secondary N) is 1. The third kappa shape index (κ3) is 3.04. The Kier molecular flexibility index (Phi) is 4.03. The van der Waals surface area contributed by atoms with E-state index in [9.17, 15) is 8.78 Å². The summed E-state index contributed by atoms with van der Waals surface area (Å²) in [5.74, 6) is 1.85. The normalized spacial score (nSPS) is 18.2. The topological polar surface area (TPSA) is 70.6 Å². The molecule has 130 valence electrons. The molecular weight excluding hydrogens is 326 g/mol. The summed E-state index contributed by atoms with van der Waals surface area (Å²) < 4.78 is 26.4. The molecule has 8 heteroatoms. The molecule has 1 aliphatic heterocycles. The molecule has 1 atom stereocenters. The third-order valence-electron chi connectivity index (χ3n) is 4.50. The van der Waals surface area contributed by atoms with Crippen molar-refractivity contribution >= 4 is 16.7 Å². The van der Waals surface area contributed by atoms with Crippen LogP contribution >= 0.6 is 0 Å². The van der Waals surface area contributed by atoms with Crippen molar-refractivity contribution in [2.24, 2.45) is 0 Å². The molecule has 25 heavy (non-hydrogen) atoms. The first-order valence-corrected chi connectivity index (χ1v) is 8.30. The average molecular weight is 344 g/mol. The molecular formula is C17H18F2N6. The fourth-order valence-corrected chi connectivity index (χ4v) is 3.34. The molecule has 4 rings (SSSR count). The standard InChI is InChI=1S/C17H18F2N6/c1-10-20-15(24-23-10)11-5-4-8-25(9-11)17-12-6-2-3-7-13(12)21-16(22-17)14(18)19/h2-3,6-7,11,14H,4-5,8-9H2,1H3,(H,20,23,24). The van der Waals surface area contributed by atoms with Gasteiger partial charge in [0.25, 0.3) is 6.43 Å². The van der Waals surface area contributed by atoms with E-state index in [1.165, 1.54) is 0 Å². The number of fused-ring (bicyclic) bond motifs is 1. The highest BCUT2D eigenvalue weighted by atomic mass is 19.3. The minimum absolute atomic E-state index is 0.155. The smallest absolute Gasteiger partial charge is 0.297 e. The summed E-state index contributed by atoms with van der Waals surface area (Å²) in [5.41, 5.74) is 0.540. The van der Waals surface area contributed by atoms with Crippen LogP contribution in [0.3, 0.4) is 0 Å². The molecule has 1 aliphatic rings. The van der Waals surface area contributed by atoms with Crippen LogP contribution in [0.1, 0.15) is 42.7 Å². The van der Waals surface area contributed by atoms with Crippen LogP contribution in [0.25, 0.3) is 10.9 Å². The molecule has 3 heterocycles. The lowest BCUT2D eigenvalue weighted by Crippen LogP contribution is -2.35. The molecule has 0 aliphatic carbocycles. The van der Waals surface area contributed by atoms with Crippen molar-refractivity contribution in [3.63, 3.8) is 0 Å². The number of H-pyrrole nitrogens is 1. The van der Waals surface area contributed by atoms with Gasteiger partial charge in [-0.15, -0.1) is 0 Å². The van der Waals surface area contributed by atoms with E-state index in [4.69, 9.17) is 0 Å².